The molecule has 5 aromatic rings. The van der Waals surface area contributed by atoms with Crippen molar-refractivity contribution in [2.75, 3.05) is 33.9 Å². The maximum absolute atomic E-state index is 13.6. The van der Waals surface area contributed by atoms with Gasteiger partial charge in [-0.25, -0.2) is 19.6 Å². The van der Waals surface area contributed by atoms with E-state index in [-0.39, 0.29) is 37.4 Å². The Morgan fingerprint density at radius 1 is 0.782 bits per heavy atom. The van der Waals surface area contributed by atoms with Gasteiger partial charge in [-0.1, -0.05) is 64.1 Å². The molecule has 0 fully saturated rings. The fourth-order valence-corrected chi connectivity index (χ4v) is 6.57. The molecule has 0 aliphatic rings. The van der Waals surface area contributed by atoms with E-state index in [4.69, 9.17) is 4.74 Å². The first-order valence-corrected chi connectivity index (χ1v) is 18.5. The zero-order valence-electron chi connectivity index (χ0n) is 32.5. The van der Waals surface area contributed by atoms with Crippen LogP contribution in [0.3, 0.4) is 0 Å². The number of hydrogen-bond donors (Lipinski definition) is 5. The largest absolute Gasteiger partial charge is 0.453 e. The first kappa shape index (κ1) is 40.1. The van der Waals surface area contributed by atoms with E-state index in [0.717, 1.165) is 62.9 Å². The summed E-state index contributed by atoms with van der Waals surface area (Å²) < 4.78 is 9.33. The maximum atomic E-state index is 13.6. The van der Waals surface area contributed by atoms with Crippen LogP contribution in [0, 0.1) is 12.8 Å². The number of hydrogen-bond acceptors (Lipinski definition) is 8. The monoisotopic (exact) mass is 753 g/mol. The number of carbonyl (C=O) groups excluding carboxylic acids is 4. The Labute approximate surface area is 320 Å². The predicted octanol–water partition coefficient (Wildman–Crippen LogP) is 6.14. The maximum Gasteiger partial charge on any atom is 0.407 e. The number of aryl methyl sites for hydroxylation is 1. The highest BCUT2D eigenvalue weighted by Gasteiger charge is 2.29. The highest BCUT2D eigenvalue weighted by atomic mass is 16.5. The minimum absolute atomic E-state index is 0.134. The van der Waals surface area contributed by atoms with Crippen LogP contribution in [0.1, 0.15) is 57.7 Å². The molecule has 4 amide bonds. The number of nitrogens with one attached hydrogen (secondary N) is 5. The molecular formula is C40H51N9O6. The number of ether oxygens (including phenoxy) is 2. The van der Waals surface area contributed by atoms with Crippen LogP contribution in [0.2, 0.25) is 0 Å². The summed E-state index contributed by atoms with van der Waals surface area (Å²) >= 11 is 0. The first-order valence-electron chi connectivity index (χ1n) is 18.5. The van der Waals surface area contributed by atoms with Gasteiger partial charge in [0, 0.05) is 30.2 Å². The Morgan fingerprint density at radius 3 is 2.00 bits per heavy atom. The summed E-state index contributed by atoms with van der Waals surface area (Å²) in [7, 11) is 2.53. The van der Waals surface area contributed by atoms with E-state index in [0.29, 0.717) is 24.7 Å². The number of H-pyrrole nitrogens is 3. The van der Waals surface area contributed by atoms with E-state index in [1.807, 2.05) is 46.0 Å². The number of aromatic nitrogens is 5. The minimum Gasteiger partial charge on any atom is -0.453 e. The highest BCUT2D eigenvalue weighted by molar-refractivity contribution is 6.04. The van der Waals surface area contributed by atoms with Crippen LogP contribution >= 0.6 is 0 Å². The minimum atomic E-state index is -0.726. The van der Waals surface area contributed by atoms with E-state index in [9.17, 15) is 19.2 Å². The molecule has 0 spiro atoms. The Balaban J connectivity index is 1.33. The Hall–Kier alpha value is -6.12. The van der Waals surface area contributed by atoms with Gasteiger partial charge in [0.1, 0.15) is 24.2 Å². The number of benzene rings is 2. The quantitative estimate of drug-likeness (QED) is 0.0794. The van der Waals surface area contributed by atoms with Crippen molar-refractivity contribution >= 4 is 34.9 Å². The van der Waals surface area contributed by atoms with Crippen LogP contribution in [0.5, 0.6) is 0 Å². The van der Waals surface area contributed by atoms with Gasteiger partial charge in [-0.2, -0.15) is 0 Å². The molecule has 1 unspecified atom stereocenters. The van der Waals surface area contributed by atoms with Gasteiger partial charge in [-0.05, 0) is 47.9 Å². The molecule has 15 nitrogen and oxygen atoms in total. The van der Waals surface area contributed by atoms with Gasteiger partial charge in [0.25, 0.3) is 0 Å². The van der Waals surface area contributed by atoms with Gasteiger partial charge in [0.15, 0.2) is 0 Å². The third kappa shape index (κ3) is 9.52. The number of aromatic amines is 3. The Morgan fingerprint density at radius 2 is 1.36 bits per heavy atom. The van der Waals surface area contributed by atoms with Crippen molar-refractivity contribution in [3.05, 3.63) is 72.2 Å². The molecule has 0 radical (unpaired) electrons. The summed E-state index contributed by atoms with van der Waals surface area (Å²) in [6.07, 6.45) is 5.74. The molecule has 2 aromatic carbocycles. The fourth-order valence-electron chi connectivity index (χ4n) is 6.57. The average Bonchev–Trinajstić information content (AvgIpc) is 3.95. The second-order valence-corrected chi connectivity index (χ2v) is 13.7. The normalized spacial score (nSPS) is 11.7. The molecule has 5 N–H and O–H groups in total. The second kappa shape index (κ2) is 18.3. The van der Waals surface area contributed by atoms with Gasteiger partial charge in [-0.3, -0.25) is 9.59 Å². The van der Waals surface area contributed by atoms with Crippen LogP contribution in [-0.4, -0.2) is 98.6 Å². The summed E-state index contributed by atoms with van der Waals surface area (Å²) in [6, 6.07) is 11.7. The van der Waals surface area contributed by atoms with Crippen LogP contribution in [0.4, 0.5) is 9.59 Å². The van der Waals surface area contributed by atoms with Crippen LogP contribution < -0.4 is 10.6 Å². The molecule has 1 atom stereocenters. The van der Waals surface area contributed by atoms with Crippen molar-refractivity contribution < 1.29 is 28.7 Å². The number of methoxy groups -OCH3 is 2. The third-order valence-corrected chi connectivity index (χ3v) is 9.38. The molecule has 292 valence electrons. The lowest BCUT2D eigenvalue weighted by Gasteiger charge is -2.28. The molecule has 15 heteroatoms. The fraction of sp³-hybridized carbons (Fsp3) is 0.400. The molecule has 0 aliphatic carbocycles. The summed E-state index contributed by atoms with van der Waals surface area (Å²) in [5, 5.41) is 6.21. The number of fused-ring (bicyclic) bond motifs is 1. The second-order valence-electron chi connectivity index (χ2n) is 13.7. The van der Waals surface area contributed by atoms with Crippen LogP contribution in [0.15, 0.2) is 55.0 Å². The van der Waals surface area contributed by atoms with Crippen molar-refractivity contribution in [2.45, 2.75) is 66.6 Å². The zero-order valence-corrected chi connectivity index (χ0v) is 32.5. The summed E-state index contributed by atoms with van der Waals surface area (Å²) in [4.78, 5) is 72.5. The van der Waals surface area contributed by atoms with Crippen LogP contribution in [0.25, 0.3) is 44.5 Å². The van der Waals surface area contributed by atoms with Crippen molar-refractivity contribution in [3.63, 3.8) is 0 Å². The Kier molecular flexibility index (Phi) is 13.3. The molecule has 55 heavy (non-hydrogen) atoms. The van der Waals surface area contributed by atoms with Crippen molar-refractivity contribution in [1.82, 2.24) is 45.4 Å². The van der Waals surface area contributed by atoms with E-state index >= 15 is 0 Å². The van der Waals surface area contributed by atoms with E-state index in [1.165, 1.54) is 14.2 Å². The summed E-state index contributed by atoms with van der Waals surface area (Å²) in [5.41, 5.74) is 7.71. The van der Waals surface area contributed by atoms with Gasteiger partial charge in [0.05, 0.1) is 56.6 Å². The zero-order chi connectivity index (χ0) is 39.6. The van der Waals surface area contributed by atoms with Gasteiger partial charge >= 0.3 is 12.2 Å². The number of alkyl carbamates (subject to hydrolysis) is 2. The van der Waals surface area contributed by atoms with Crippen molar-refractivity contribution in [3.8, 4) is 33.6 Å². The number of amides is 4. The van der Waals surface area contributed by atoms with Gasteiger partial charge in [-0.15, -0.1) is 0 Å². The lowest BCUT2D eigenvalue weighted by Crippen LogP contribution is -2.51. The number of rotatable bonds is 16. The lowest BCUT2D eigenvalue weighted by molar-refractivity contribution is -0.135. The highest BCUT2D eigenvalue weighted by Crippen LogP contribution is 2.37. The van der Waals surface area contributed by atoms with Gasteiger partial charge < -0.3 is 44.9 Å². The molecule has 3 aromatic heterocycles. The van der Waals surface area contributed by atoms with Gasteiger partial charge in [0.2, 0.25) is 11.8 Å². The molecule has 0 saturated heterocycles. The molecule has 0 aliphatic heterocycles. The topological polar surface area (TPSA) is 190 Å². The van der Waals surface area contributed by atoms with E-state index in [2.05, 4.69) is 71.5 Å². The molecule has 3 heterocycles. The molecular weight excluding hydrogens is 702 g/mol. The van der Waals surface area contributed by atoms with Crippen LogP contribution in [-0.2, 0) is 32.2 Å². The number of carbonyl (C=O) groups is 4. The number of imidazole rings is 2. The first-order chi connectivity index (χ1) is 26.5. The smallest absolute Gasteiger partial charge is 0.407 e. The number of nitrogens with zero attached hydrogens (tertiary/aromatic N) is 4. The Bertz CT molecular complexity index is 2100. The summed E-state index contributed by atoms with van der Waals surface area (Å²) in [5.74, 6) is 0.724. The molecule has 0 bridgehead atoms. The van der Waals surface area contributed by atoms with E-state index < -0.39 is 18.2 Å². The van der Waals surface area contributed by atoms with Crippen molar-refractivity contribution in [2.24, 2.45) is 5.92 Å². The average molecular weight is 754 g/mol. The third-order valence-electron chi connectivity index (χ3n) is 9.38. The lowest BCUT2D eigenvalue weighted by atomic mass is 9.95. The molecule has 5 rings (SSSR count). The predicted molar refractivity (Wildman–Crippen MR) is 210 cm³/mol. The SMILES string of the molecule is CCCN(Cc1ncc(-c2ccc(-c3ccc(-c4cnc(CN(CCC)C(=O)C(NC(=O)OC)C(C)C)[nH]4)c4[nH]cc(C)c34)cc2)[nH]1)C(=O)CNC(=O)OC. The van der Waals surface area contributed by atoms with Crippen molar-refractivity contribution in [1.29, 1.82) is 0 Å². The molecule has 0 saturated carbocycles. The summed E-state index contributed by atoms with van der Waals surface area (Å²) in [6.45, 7) is 11.2. The standard InChI is InChI=1S/C40H51N9O6/c1-8-16-48(34(50)21-44-39(52)54-6)22-32-41-19-30(45-32)27-12-10-26(11-13-27)28-14-15-29(37-35(28)25(5)18-43-37)31-20-42-33(46-31)23-49(17-9-2)38(51)36(24(3)4)47-40(53)55-7/h10-15,18-20,24,36,43H,8-9,16-17,21-23H2,1-7H3,(H,41,45)(H,42,46)(H,44,52)(H,47,53). The van der Waals surface area contributed by atoms with E-state index in [1.54, 1.807) is 22.2 Å².